The Labute approximate surface area is 153 Å². The van der Waals surface area contributed by atoms with Crippen LogP contribution in [0.5, 0.6) is 0 Å². The van der Waals surface area contributed by atoms with Crippen LogP contribution in [0.25, 0.3) is 0 Å². The molecule has 1 aliphatic carbocycles. The predicted octanol–water partition coefficient (Wildman–Crippen LogP) is 3.92. The molecule has 26 heavy (non-hydrogen) atoms. The average molecular weight is 366 g/mol. The van der Waals surface area contributed by atoms with Crippen molar-refractivity contribution in [1.82, 2.24) is 10.4 Å². The third-order valence-corrected chi connectivity index (χ3v) is 4.99. The highest BCUT2D eigenvalue weighted by Crippen LogP contribution is 2.35. The number of halogens is 2. The van der Waals surface area contributed by atoms with Crippen LogP contribution in [0.4, 0.5) is 20.4 Å². The van der Waals surface area contributed by atoms with Crippen LogP contribution in [0.15, 0.2) is 23.9 Å². The Morgan fingerprint density at radius 1 is 1.31 bits per heavy atom. The second kappa shape index (κ2) is 6.78. The summed E-state index contributed by atoms with van der Waals surface area (Å²) in [7, 11) is 0. The first-order valence-electron chi connectivity index (χ1n) is 9.17. The summed E-state index contributed by atoms with van der Waals surface area (Å²) in [6.45, 7) is 7.48. The third-order valence-electron chi connectivity index (χ3n) is 4.99. The number of allylic oxidation sites excluding steroid dienone is 1. The van der Waals surface area contributed by atoms with Crippen molar-refractivity contribution in [3.63, 3.8) is 0 Å². The zero-order chi connectivity index (χ0) is 19.1. The molecule has 2 aliphatic rings. The number of pyridine rings is 1. The zero-order valence-electron chi connectivity index (χ0n) is 15.8. The van der Waals surface area contributed by atoms with E-state index in [0.717, 1.165) is 11.3 Å². The van der Waals surface area contributed by atoms with Crippen LogP contribution in [0.1, 0.15) is 58.9 Å². The molecule has 0 aromatic carbocycles. The van der Waals surface area contributed by atoms with E-state index in [9.17, 15) is 13.9 Å². The summed E-state index contributed by atoms with van der Waals surface area (Å²) in [6.07, 6.45) is 2.71. The normalized spacial score (nSPS) is 23.9. The van der Waals surface area contributed by atoms with Crippen LogP contribution >= 0.6 is 0 Å². The molecule has 1 aromatic heterocycles. The van der Waals surface area contributed by atoms with E-state index in [-0.39, 0.29) is 24.9 Å². The molecule has 0 bridgehead atoms. The summed E-state index contributed by atoms with van der Waals surface area (Å²) < 4.78 is 26.8. The molecule has 1 fully saturated rings. The SMILES string of the molecule is CC1=CC(C)NN1c1cc(C(C)(C)O)cc(NC2CCC(F)(F)CC2)n1. The Morgan fingerprint density at radius 3 is 2.50 bits per heavy atom. The molecule has 1 aliphatic heterocycles. The Hall–Kier alpha value is -1.73. The van der Waals surface area contributed by atoms with Crippen molar-refractivity contribution in [3.05, 3.63) is 29.5 Å². The molecular weight excluding hydrogens is 338 g/mol. The van der Waals surface area contributed by atoms with Gasteiger partial charge in [-0.2, -0.15) is 0 Å². The number of hydrazine groups is 1. The number of hydrogen-bond acceptors (Lipinski definition) is 5. The second-order valence-electron chi connectivity index (χ2n) is 7.99. The molecule has 1 aromatic rings. The van der Waals surface area contributed by atoms with Gasteiger partial charge in [0.15, 0.2) is 0 Å². The maximum Gasteiger partial charge on any atom is 0.248 e. The van der Waals surface area contributed by atoms with Gasteiger partial charge in [0, 0.05) is 30.6 Å². The van der Waals surface area contributed by atoms with Crippen LogP contribution in [-0.4, -0.2) is 28.1 Å². The first-order chi connectivity index (χ1) is 12.0. The minimum absolute atomic E-state index is 0.0332. The quantitative estimate of drug-likeness (QED) is 0.754. The molecule has 144 valence electrons. The molecule has 3 rings (SSSR count). The van der Waals surface area contributed by atoms with Crippen molar-refractivity contribution in [2.24, 2.45) is 0 Å². The van der Waals surface area contributed by atoms with E-state index in [0.29, 0.717) is 24.5 Å². The van der Waals surface area contributed by atoms with Gasteiger partial charge < -0.3 is 10.4 Å². The van der Waals surface area contributed by atoms with Crippen LogP contribution in [0, 0.1) is 0 Å². The van der Waals surface area contributed by atoms with Crippen molar-refractivity contribution >= 4 is 11.6 Å². The van der Waals surface area contributed by atoms with E-state index in [1.54, 1.807) is 19.9 Å². The number of alkyl halides is 2. The van der Waals surface area contributed by atoms with Gasteiger partial charge in [0.05, 0.1) is 5.60 Å². The maximum absolute atomic E-state index is 13.4. The first kappa shape index (κ1) is 19.0. The largest absolute Gasteiger partial charge is 0.386 e. The molecule has 1 atom stereocenters. The minimum atomic E-state index is -2.55. The lowest BCUT2D eigenvalue weighted by molar-refractivity contribution is -0.0361. The summed E-state index contributed by atoms with van der Waals surface area (Å²) in [6, 6.07) is 3.81. The lowest BCUT2D eigenvalue weighted by atomic mass is 9.92. The number of nitrogens with zero attached hydrogens (tertiary/aromatic N) is 2. The van der Waals surface area contributed by atoms with Crippen molar-refractivity contribution in [2.75, 3.05) is 10.3 Å². The summed E-state index contributed by atoms with van der Waals surface area (Å²) in [5.41, 5.74) is 4.03. The second-order valence-corrected chi connectivity index (χ2v) is 7.99. The van der Waals surface area contributed by atoms with Gasteiger partial charge in [0.1, 0.15) is 11.6 Å². The number of hydrogen-bond donors (Lipinski definition) is 3. The maximum atomic E-state index is 13.4. The Kier molecular flexibility index (Phi) is 4.96. The van der Waals surface area contributed by atoms with Gasteiger partial charge in [-0.15, -0.1) is 0 Å². The van der Waals surface area contributed by atoms with Gasteiger partial charge in [-0.05, 0) is 64.3 Å². The Balaban J connectivity index is 1.85. The highest BCUT2D eigenvalue weighted by atomic mass is 19.3. The molecule has 7 heteroatoms. The van der Waals surface area contributed by atoms with E-state index in [4.69, 9.17) is 0 Å². The van der Waals surface area contributed by atoms with E-state index in [1.807, 2.05) is 24.9 Å². The molecule has 5 nitrogen and oxygen atoms in total. The first-order valence-corrected chi connectivity index (χ1v) is 9.17. The van der Waals surface area contributed by atoms with Gasteiger partial charge in [0.2, 0.25) is 5.92 Å². The van der Waals surface area contributed by atoms with Crippen LogP contribution in [0.3, 0.4) is 0 Å². The standard InChI is InChI=1S/C19H28F2N4O/c1-12-9-13(2)25(24-12)17-11-14(18(3,4)26)10-16(23-17)22-15-5-7-19(20,21)8-6-15/h9-12,15,24,26H,5-8H2,1-4H3,(H,22,23). The molecule has 0 spiro atoms. The van der Waals surface area contributed by atoms with E-state index in [1.165, 1.54) is 0 Å². The van der Waals surface area contributed by atoms with Gasteiger partial charge in [-0.3, -0.25) is 5.01 Å². The fraction of sp³-hybridized carbons (Fsp3) is 0.632. The van der Waals surface area contributed by atoms with Crippen molar-refractivity contribution < 1.29 is 13.9 Å². The van der Waals surface area contributed by atoms with Crippen molar-refractivity contribution in [2.45, 2.75) is 77.0 Å². The van der Waals surface area contributed by atoms with E-state index >= 15 is 0 Å². The van der Waals surface area contributed by atoms with Crippen LogP contribution in [0.2, 0.25) is 0 Å². The molecule has 0 radical (unpaired) electrons. The number of anilines is 2. The van der Waals surface area contributed by atoms with Crippen molar-refractivity contribution in [3.8, 4) is 0 Å². The predicted molar refractivity (Wildman–Crippen MR) is 99.1 cm³/mol. The van der Waals surface area contributed by atoms with Gasteiger partial charge in [-0.25, -0.2) is 19.2 Å². The Bertz CT molecular complexity index is 689. The van der Waals surface area contributed by atoms with Crippen molar-refractivity contribution in [1.29, 1.82) is 0 Å². The third kappa shape index (κ3) is 4.32. The fourth-order valence-electron chi connectivity index (χ4n) is 3.48. The van der Waals surface area contributed by atoms with Gasteiger partial charge in [-0.1, -0.05) is 0 Å². The Morgan fingerprint density at radius 2 is 1.96 bits per heavy atom. The smallest absolute Gasteiger partial charge is 0.248 e. The van der Waals surface area contributed by atoms with E-state index < -0.39 is 11.5 Å². The van der Waals surface area contributed by atoms with Crippen LogP contribution < -0.4 is 15.8 Å². The summed E-state index contributed by atoms with van der Waals surface area (Å²) >= 11 is 0. The number of rotatable bonds is 4. The highest BCUT2D eigenvalue weighted by Gasteiger charge is 2.35. The van der Waals surface area contributed by atoms with Gasteiger partial charge in [0.25, 0.3) is 0 Å². The molecule has 2 heterocycles. The summed E-state index contributed by atoms with van der Waals surface area (Å²) in [5.74, 6) is -1.28. The monoisotopic (exact) mass is 366 g/mol. The molecule has 0 saturated heterocycles. The van der Waals surface area contributed by atoms with Gasteiger partial charge >= 0.3 is 0 Å². The van der Waals surface area contributed by atoms with E-state index in [2.05, 4.69) is 21.8 Å². The lowest BCUT2D eigenvalue weighted by Gasteiger charge is -2.30. The summed E-state index contributed by atoms with van der Waals surface area (Å²) in [5, 5.41) is 15.6. The topological polar surface area (TPSA) is 60.4 Å². The highest BCUT2D eigenvalue weighted by molar-refractivity contribution is 5.55. The zero-order valence-corrected chi connectivity index (χ0v) is 15.8. The lowest BCUT2D eigenvalue weighted by Crippen LogP contribution is -2.36. The summed E-state index contributed by atoms with van der Waals surface area (Å²) in [4.78, 5) is 4.66. The fourth-order valence-corrected chi connectivity index (χ4v) is 3.48. The molecule has 3 N–H and O–H groups in total. The van der Waals surface area contributed by atoms with Crippen LogP contribution in [-0.2, 0) is 5.60 Å². The number of nitrogens with one attached hydrogen (secondary N) is 2. The minimum Gasteiger partial charge on any atom is -0.386 e. The number of aliphatic hydroxyl groups is 1. The molecule has 1 saturated carbocycles. The average Bonchev–Trinajstić information content (AvgIpc) is 2.87. The molecule has 0 amide bonds. The number of aromatic nitrogens is 1. The molecular formula is C19H28F2N4O. The molecule has 1 unspecified atom stereocenters.